The average molecular weight is 373 g/mol. The molecule has 0 aromatic carbocycles. The zero-order valence-corrected chi connectivity index (χ0v) is 16.4. The highest BCUT2D eigenvalue weighted by Gasteiger charge is 2.44. The van der Waals surface area contributed by atoms with Crippen LogP contribution >= 0.6 is 0 Å². The van der Waals surface area contributed by atoms with Gasteiger partial charge in [0.15, 0.2) is 0 Å². The number of rotatable bonds is 6. The number of aliphatic hydroxyl groups is 1. The van der Waals surface area contributed by atoms with Crippen molar-refractivity contribution in [1.29, 1.82) is 0 Å². The highest BCUT2D eigenvalue weighted by Crippen LogP contribution is 2.45. The van der Waals surface area contributed by atoms with E-state index in [2.05, 4.69) is 28.0 Å². The molecule has 0 unspecified atom stereocenters. The maximum atomic E-state index is 10.1. The van der Waals surface area contributed by atoms with Crippen molar-refractivity contribution < 1.29 is 9.52 Å². The number of furan rings is 1. The number of aryl methyl sites for hydroxylation is 1. The first-order valence-corrected chi connectivity index (χ1v) is 10.3. The minimum Gasteiger partial charge on any atom is -0.472 e. The van der Waals surface area contributed by atoms with E-state index in [0.717, 1.165) is 45.8 Å². The Morgan fingerprint density at radius 1 is 1.15 bits per heavy atom. The Kier molecular flexibility index (Phi) is 5.66. The van der Waals surface area contributed by atoms with Crippen molar-refractivity contribution in [2.45, 2.75) is 45.8 Å². The number of piperidine rings is 2. The molecule has 148 valence electrons. The third-order valence-corrected chi connectivity index (χ3v) is 6.75. The van der Waals surface area contributed by atoms with Gasteiger partial charge in [-0.3, -0.25) is 14.5 Å². The lowest BCUT2D eigenvalue weighted by molar-refractivity contribution is -0.0450. The molecule has 4 rings (SSSR count). The molecular formula is C21H32N4O2. The van der Waals surface area contributed by atoms with Crippen LogP contribution in [0.15, 0.2) is 35.4 Å². The van der Waals surface area contributed by atoms with Crippen molar-refractivity contribution in [3.63, 3.8) is 0 Å². The number of nitrogens with zero attached hydrogens (tertiary/aromatic N) is 4. The van der Waals surface area contributed by atoms with Gasteiger partial charge in [-0.25, -0.2) is 0 Å². The van der Waals surface area contributed by atoms with Crippen LogP contribution < -0.4 is 0 Å². The first-order chi connectivity index (χ1) is 13.2. The smallest absolute Gasteiger partial charge is 0.0947 e. The summed E-state index contributed by atoms with van der Waals surface area (Å²) in [4.78, 5) is 5.02. The number of aliphatic hydroxyl groups excluding tert-OH is 1. The summed E-state index contributed by atoms with van der Waals surface area (Å²) in [6.45, 7) is 9.61. The van der Waals surface area contributed by atoms with Crippen molar-refractivity contribution in [2.24, 2.45) is 11.3 Å². The highest BCUT2D eigenvalue weighted by atomic mass is 16.3. The minimum atomic E-state index is 0.297. The Labute approximate surface area is 161 Å². The van der Waals surface area contributed by atoms with Crippen LogP contribution in [0.4, 0.5) is 0 Å². The van der Waals surface area contributed by atoms with Gasteiger partial charge in [-0.05, 0) is 57.3 Å². The summed E-state index contributed by atoms with van der Waals surface area (Å²) in [5.41, 5.74) is 2.85. The number of hydrogen-bond acceptors (Lipinski definition) is 5. The highest BCUT2D eigenvalue weighted by molar-refractivity contribution is 5.07. The van der Waals surface area contributed by atoms with Gasteiger partial charge in [0, 0.05) is 56.0 Å². The second-order valence-electron chi connectivity index (χ2n) is 8.34. The third kappa shape index (κ3) is 4.13. The lowest BCUT2D eigenvalue weighted by Gasteiger charge is -2.51. The molecule has 0 saturated carbocycles. The fourth-order valence-electron chi connectivity index (χ4n) is 4.95. The Morgan fingerprint density at radius 2 is 1.89 bits per heavy atom. The summed E-state index contributed by atoms with van der Waals surface area (Å²) >= 11 is 0. The molecule has 2 aromatic rings. The van der Waals surface area contributed by atoms with Crippen molar-refractivity contribution in [2.75, 3.05) is 32.8 Å². The molecule has 0 aliphatic carbocycles. The van der Waals surface area contributed by atoms with E-state index in [-0.39, 0.29) is 0 Å². The van der Waals surface area contributed by atoms with E-state index in [1.54, 1.807) is 6.26 Å². The van der Waals surface area contributed by atoms with Gasteiger partial charge in [0.2, 0.25) is 0 Å². The Balaban J connectivity index is 1.32. The van der Waals surface area contributed by atoms with Gasteiger partial charge in [0.05, 0.1) is 18.7 Å². The second kappa shape index (κ2) is 8.17. The third-order valence-electron chi connectivity index (χ3n) is 6.75. The van der Waals surface area contributed by atoms with Crippen molar-refractivity contribution in [3.05, 3.63) is 42.1 Å². The lowest BCUT2D eigenvalue weighted by Crippen LogP contribution is -2.53. The Hall–Kier alpha value is -1.63. The zero-order valence-electron chi connectivity index (χ0n) is 16.4. The van der Waals surface area contributed by atoms with E-state index in [4.69, 9.17) is 4.42 Å². The molecule has 6 heteroatoms. The topological polar surface area (TPSA) is 57.7 Å². The summed E-state index contributed by atoms with van der Waals surface area (Å²) in [6.07, 6.45) is 11.3. The molecule has 1 N–H and O–H groups in total. The molecule has 0 bridgehead atoms. The van der Waals surface area contributed by atoms with Gasteiger partial charge in [-0.15, -0.1) is 0 Å². The van der Waals surface area contributed by atoms with Crippen molar-refractivity contribution in [3.8, 4) is 0 Å². The molecule has 2 aliphatic heterocycles. The van der Waals surface area contributed by atoms with Gasteiger partial charge in [0.25, 0.3) is 0 Å². The zero-order chi connectivity index (χ0) is 18.7. The second-order valence-corrected chi connectivity index (χ2v) is 8.34. The van der Waals surface area contributed by atoms with Crippen LogP contribution in [-0.2, 0) is 19.6 Å². The maximum absolute atomic E-state index is 10.1. The van der Waals surface area contributed by atoms with Gasteiger partial charge in [0.1, 0.15) is 0 Å². The fraction of sp³-hybridized carbons (Fsp3) is 0.667. The molecule has 2 saturated heterocycles. The van der Waals surface area contributed by atoms with Crippen LogP contribution in [0.5, 0.6) is 0 Å². The lowest BCUT2D eigenvalue weighted by atomic mass is 9.64. The van der Waals surface area contributed by atoms with E-state index in [1.165, 1.54) is 30.4 Å². The van der Waals surface area contributed by atoms with E-state index in [0.29, 0.717) is 17.9 Å². The molecule has 0 amide bonds. The SMILES string of the molecule is CCn1cc(CN2CCC3(CC2)CCN(Cc2ccoc2)C[C@@H]3CO)cn1. The van der Waals surface area contributed by atoms with E-state index >= 15 is 0 Å². The van der Waals surface area contributed by atoms with Crippen LogP contribution in [-0.4, -0.2) is 57.5 Å². The van der Waals surface area contributed by atoms with Gasteiger partial charge >= 0.3 is 0 Å². The summed E-state index contributed by atoms with van der Waals surface area (Å²) in [5, 5.41) is 14.5. The Bertz CT molecular complexity index is 704. The van der Waals surface area contributed by atoms with Crippen LogP contribution in [0, 0.1) is 11.3 Å². The van der Waals surface area contributed by atoms with Crippen LogP contribution in [0.3, 0.4) is 0 Å². The fourth-order valence-corrected chi connectivity index (χ4v) is 4.95. The summed E-state index contributed by atoms with van der Waals surface area (Å²) < 4.78 is 7.20. The minimum absolute atomic E-state index is 0.297. The monoisotopic (exact) mass is 372 g/mol. The average Bonchev–Trinajstić information content (AvgIpc) is 3.37. The molecule has 0 radical (unpaired) electrons. The molecule has 2 aliphatic rings. The Morgan fingerprint density at radius 3 is 2.52 bits per heavy atom. The van der Waals surface area contributed by atoms with Crippen LogP contribution in [0.2, 0.25) is 0 Å². The van der Waals surface area contributed by atoms with E-state index < -0.39 is 0 Å². The van der Waals surface area contributed by atoms with Gasteiger partial charge in [-0.1, -0.05) is 0 Å². The molecule has 27 heavy (non-hydrogen) atoms. The number of likely N-dealkylation sites (tertiary alicyclic amines) is 2. The van der Waals surface area contributed by atoms with Gasteiger partial charge < -0.3 is 9.52 Å². The summed E-state index contributed by atoms with van der Waals surface area (Å²) in [5.74, 6) is 0.378. The number of hydrogen-bond donors (Lipinski definition) is 1. The predicted molar refractivity (Wildman–Crippen MR) is 104 cm³/mol. The van der Waals surface area contributed by atoms with Crippen molar-refractivity contribution in [1.82, 2.24) is 19.6 Å². The summed E-state index contributed by atoms with van der Waals surface area (Å²) in [7, 11) is 0. The van der Waals surface area contributed by atoms with Crippen LogP contribution in [0.1, 0.15) is 37.3 Å². The predicted octanol–water partition coefficient (Wildman–Crippen LogP) is 2.59. The maximum Gasteiger partial charge on any atom is 0.0947 e. The largest absolute Gasteiger partial charge is 0.472 e. The first-order valence-electron chi connectivity index (χ1n) is 10.3. The van der Waals surface area contributed by atoms with E-state index in [1.807, 2.05) is 23.2 Å². The van der Waals surface area contributed by atoms with E-state index in [9.17, 15) is 5.11 Å². The van der Waals surface area contributed by atoms with Crippen LogP contribution in [0.25, 0.3) is 0 Å². The standard InChI is InChI=1S/C21H32N4O2/c1-2-25-14-19(11-22-25)13-23-7-4-21(5-8-23)6-9-24(15-20(21)16-26)12-18-3-10-27-17-18/h3,10-11,14,17,20,26H,2,4-9,12-13,15-16H2,1H3/t20-/m1/s1. The first kappa shape index (κ1) is 18.7. The quantitative estimate of drug-likeness (QED) is 0.845. The molecule has 6 nitrogen and oxygen atoms in total. The molecular weight excluding hydrogens is 340 g/mol. The molecule has 4 heterocycles. The normalized spacial score (nSPS) is 23.9. The molecule has 1 atom stereocenters. The van der Waals surface area contributed by atoms with Crippen molar-refractivity contribution >= 4 is 0 Å². The molecule has 2 aromatic heterocycles. The molecule has 1 spiro atoms. The number of aromatic nitrogens is 2. The molecule has 2 fully saturated rings. The van der Waals surface area contributed by atoms with Gasteiger partial charge in [-0.2, -0.15) is 5.10 Å². The summed E-state index contributed by atoms with van der Waals surface area (Å²) in [6, 6.07) is 2.04.